The number of nitro groups is 1. The molecule has 1 amide bonds. The maximum atomic E-state index is 11.7. The van der Waals surface area contributed by atoms with E-state index in [-0.39, 0.29) is 11.6 Å². The van der Waals surface area contributed by atoms with Crippen molar-refractivity contribution in [2.75, 3.05) is 31.1 Å². The Labute approximate surface area is 130 Å². The lowest BCUT2D eigenvalue weighted by atomic mass is 10.2. The SMILES string of the molecule is C[C@H](O)C(=O)N1CCN(c2ccc([N+](=O)[O-])cc2Br)CC1. The fourth-order valence-electron chi connectivity index (χ4n) is 2.30. The summed E-state index contributed by atoms with van der Waals surface area (Å²) >= 11 is 3.35. The van der Waals surface area contributed by atoms with Crippen LogP contribution in [0.5, 0.6) is 0 Å². The van der Waals surface area contributed by atoms with Crippen molar-refractivity contribution in [2.24, 2.45) is 0 Å². The summed E-state index contributed by atoms with van der Waals surface area (Å²) in [6, 6.07) is 4.64. The van der Waals surface area contributed by atoms with Gasteiger partial charge in [0.25, 0.3) is 11.6 Å². The summed E-state index contributed by atoms with van der Waals surface area (Å²) < 4.78 is 0.659. The molecule has 0 spiro atoms. The number of hydrogen-bond donors (Lipinski definition) is 1. The topological polar surface area (TPSA) is 86.9 Å². The van der Waals surface area contributed by atoms with Crippen molar-refractivity contribution in [1.29, 1.82) is 0 Å². The summed E-state index contributed by atoms with van der Waals surface area (Å²) in [6.45, 7) is 3.74. The van der Waals surface area contributed by atoms with E-state index in [0.29, 0.717) is 30.7 Å². The molecule has 8 heteroatoms. The predicted molar refractivity (Wildman–Crippen MR) is 81.3 cm³/mol. The van der Waals surface area contributed by atoms with E-state index in [4.69, 9.17) is 0 Å². The quantitative estimate of drug-likeness (QED) is 0.652. The Bertz CT molecular complexity index is 556. The number of aliphatic hydroxyl groups excluding tert-OH is 1. The van der Waals surface area contributed by atoms with Gasteiger partial charge in [-0.3, -0.25) is 14.9 Å². The largest absolute Gasteiger partial charge is 0.384 e. The fourth-order valence-corrected chi connectivity index (χ4v) is 2.92. The smallest absolute Gasteiger partial charge is 0.270 e. The molecular weight excluding hydrogens is 342 g/mol. The molecule has 0 saturated carbocycles. The summed E-state index contributed by atoms with van der Waals surface area (Å²) in [5.41, 5.74) is 0.901. The van der Waals surface area contributed by atoms with Gasteiger partial charge in [-0.2, -0.15) is 0 Å². The Morgan fingerprint density at radius 3 is 2.48 bits per heavy atom. The number of benzene rings is 1. The molecule has 114 valence electrons. The van der Waals surface area contributed by atoms with Gasteiger partial charge in [0.2, 0.25) is 0 Å². The molecule has 1 aliphatic heterocycles. The van der Waals surface area contributed by atoms with Gasteiger partial charge in [-0.15, -0.1) is 0 Å². The summed E-state index contributed by atoms with van der Waals surface area (Å²) in [6.07, 6.45) is -0.984. The highest BCUT2D eigenvalue weighted by Crippen LogP contribution is 2.30. The molecule has 0 aromatic heterocycles. The first-order chi connectivity index (χ1) is 9.90. The van der Waals surface area contributed by atoms with Gasteiger partial charge < -0.3 is 14.9 Å². The van der Waals surface area contributed by atoms with E-state index < -0.39 is 11.0 Å². The second kappa shape index (κ2) is 6.40. The minimum Gasteiger partial charge on any atom is -0.384 e. The summed E-state index contributed by atoms with van der Waals surface area (Å²) in [5, 5.41) is 20.0. The van der Waals surface area contributed by atoms with Gasteiger partial charge in [-0.1, -0.05) is 0 Å². The van der Waals surface area contributed by atoms with E-state index in [9.17, 15) is 20.0 Å². The zero-order valence-electron chi connectivity index (χ0n) is 11.5. The third-order valence-electron chi connectivity index (χ3n) is 3.43. The van der Waals surface area contributed by atoms with E-state index in [0.717, 1.165) is 5.69 Å². The molecule has 7 nitrogen and oxygen atoms in total. The highest BCUT2D eigenvalue weighted by Gasteiger charge is 2.25. The minimum atomic E-state index is -0.984. The third-order valence-corrected chi connectivity index (χ3v) is 4.07. The van der Waals surface area contributed by atoms with Crippen LogP contribution >= 0.6 is 15.9 Å². The van der Waals surface area contributed by atoms with Crippen molar-refractivity contribution in [2.45, 2.75) is 13.0 Å². The standard InChI is InChI=1S/C13H16BrN3O4/c1-9(18)13(19)16-6-4-15(5-7-16)12-3-2-10(17(20)21)8-11(12)14/h2-3,8-9,18H,4-7H2,1H3/t9-/m0/s1. The number of amides is 1. The number of nitro benzene ring substituents is 1. The Morgan fingerprint density at radius 1 is 1.38 bits per heavy atom. The zero-order valence-corrected chi connectivity index (χ0v) is 13.1. The van der Waals surface area contributed by atoms with Crippen LogP contribution in [0.3, 0.4) is 0 Å². The second-order valence-corrected chi connectivity index (χ2v) is 5.74. The highest BCUT2D eigenvalue weighted by atomic mass is 79.9. The maximum absolute atomic E-state index is 11.7. The van der Waals surface area contributed by atoms with Crippen molar-refractivity contribution in [3.63, 3.8) is 0 Å². The fraction of sp³-hybridized carbons (Fsp3) is 0.462. The molecule has 21 heavy (non-hydrogen) atoms. The third kappa shape index (κ3) is 3.51. The number of carbonyl (C=O) groups excluding carboxylic acids is 1. The molecule has 1 atom stereocenters. The number of anilines is 1. The van der Waals surface area contributed by atoms with Gasteiger partial charge in [-0.05, 0) is 28.9 Å². The molecule has 1 heterocycles. The molecule has 1 N–H and O–H groups in total. The summed E-state index contributed by atoms with van der Waals surface area (Å²) in [7, 11) is 0. The monoisotopic (exact) mass is 357 g/mol. The molecule has 0 aliphatic carbocycles. The molecule has 0 bridgehead atoms. The Morgan fingerprint density at radius 2 is 2.00 bits per heavy atom. The van der Waals surface area contributed by atoms with Gasteiger partial charge in [-0.25, -0.2) is 0 Å². The molecule has 1 aromatic carbocycles. The van der Waals surface area contributed by atoms with Crippen molar-refractivity contribution in [1.82, 2.24) is 4.90 Å². The van der Waals surface area contributed by atoms with E-state index in [1.54, 1.807) is 11.0 Å². The number of hydrogen-bond acceptors (Lipinski definition) is 5. The van der Waals surface area contributed by atoms with E-state index in [2.05, 4.69) is 20.8 Å². The van der Waals surface area contributed by atoms with Crippen LogP contribution in [0, 0.1) is 10.1 Å². The number of halogens is 1. The minimum absolute atomic E-state index is 0.0357. The molecule has 1 aliphatic rings. The zero-order chi connectivity index (χ0) is 15.6. The Balaban J connectivity index is 2.06. The number of aliphatic hydroxyl groups is 1. The Hall–Kier alpha value is -1.67. The van der Waals surface area contributed by atoms with Gasteiger partial charge in [0, 0.05) is 42.8 Å². The number of non-ortho nitro benzene ring substituents is 1. The maximum Gasteiger partial charge on any atom is 0.270 e. The molecule has 1 saturated heterocycles. The van der Waals surface area contributed by atoms with Crippen LogP contribution in [0.2, 0.25) is 0 Å². The lowest BCUT2D eigenvalue weighted by molar-refractivity contribution is -0.384. The number of carbonyl (C=O) groups is 1. The van der Waals surface area contributed by atoms with Crippen LogP contribution < -0.4 is 4.90 Å². The van der Waals surface area contributed by atoms with E-state index >= 15 is 0 Å². The number of rotatable bonds is 3. The second-order valence-electron chi connectivity index (χ2n) is 4.88. The average Bonchev–Trinajstić information content (AvgIpc) is 2.46. The van der Waals surface area contributed by atoms with Crippen molar-refractivity contribution < 1.29 is 14.8 Å². The molecule has 1 aromatic rings. The van der Waals surface area contributed by atoms with E-state index in [1.165, 1.54) is 19.1 Å². The van der Waals surface area contributed by atoms with Crippen molar-refractivity contribution in [3.8, 4) is 0 Å². The summed E-state index contributed by atoms with van der Waals surface area (Å²) in [4.78, 5) is 25.7. The van der Waals surface area contributed by atoms with Gasteiger partial charge >= 0.3 is 0 Å². The van der Waals surface area contributed by atoms with Crippen molar-refractivity contribution in [3.05, 3.63) is 32.8 Å². The highest BCUT2D eigenvalue weighted by molar-refractivity contribution is 9.10. The lowest BCUT2D eigenvalue weighted by Gasteiger charge is -2.37. The van der Waals surface area contributed by atoms with Crippen LogP contribution in [0.4, 0.5) is 11.4 Å². The first-order valence-electron chi connectivity index (χ1n) is 6.56. The Kier molecular flexibility index (Phi) is 4.79. The molecular formula is C13H16BrN3O4. The van der Waals surface area contributed by atoms with E-state index in [1.807, 2.05) is 0 Å². The lowest BCUT2D eigenvalue weighted by Crippen LogP contribution is -2.51. The van der Waals surface area contributed by atoms with Gasteiger partial charge in [0.05, 0.1) is 10.6 Å². The van der Waals surface area contributed by atoms with Crippen molar-refractivity contribution >= 4 is 33.2 Å². The normalized spacial score (nSPS) is 16.7. The first kappa shape index (κ1) is 15.7. The molecule has 0 radical (unpaired) electrons. The molecule has 0 unspecified atom stereocenters. The van der Waals surface area contributed by atoms with Gasteiger partial charge in [0.1, 0.15) is 6.10 Å². The average molecular weight is 358 g/mol. The number of piperazine rings is 1. The van der Waals surface area contributed by atoms with Gasteiger partial charge in [0.15, 0.2) is 0 Å². The molecule has 2 rings (SSSR count). The first-order valence-corrected chi connectivity index (χ1v) is 7.35. The number of nitrogens with zero attached hydrogens (tertiary/aromatic N) is 3. The van der Waals surface area contributed by atoms with Crippen LogP contribution in [0.15, 0.2) is 22.7 Å². The predicted octanol–water partition coefficient (Wildman–Crippen LogP) is 1.39. The van der Waals surface area contributed by atoms with Crippen LogP contribution in [-0.2, 0) is 4.79 Å². The van der Waals surface area contributed by atoms with Crippen LogP contribution in [-0.4, -0.2) is 53.1 Å². The van der Waals surface area contributed by atoms with Crippen LogP contribution in [0.1, 0.15) is 6.92 Å². The molecule has 1 fully saturated rings. The summed E-state index contributed by atoms with van der Waals surface area (Å²) in [5.74, 6) is -0.266. The van der Waals surface area contributed by atoms with Crippen LogP contribution in [0.25, 0.3) is 0 Å².